The van der Waals surface area contributed by atoms with Gasteiger partial charge in [0.2, 0.25) is 0 Å². The fourth-order valence-corrected chi connectivity index (χ4v) is 4.46. The normalized spacial score (nSPS) is 27.1. The van der Waals surface area contributed by atoms with Crippen LogP contribution in [0.4, 0.5) is 0 Å². The third kappa shape index (κ3) is 3.08. The lowest BCUT2D eigenvalue weighted by atomic mass is 9.74. The summed E-state index contributed by atoms with van der Waals surface area (Å²) < 4.78 is 13.0. The molecule has 2 heterocycles. The van der Waals surface area contributed by atoms with E-state index in [-0.39, 0.29) is 11.7 Å². The summed E-state index contributed by atoms with van der Waals surface area (Å²) in [6.45, 7) is 6.66. The molecule has 1 fully saturated rings. The van der Waals surface area contributed by atoms with E-state index >= 15 is 0 Å². The molecular formula is C23H28O2. The highest BCUT2D eigenvalue weighted by Crippen LogP contribution is 2.51. The summed E-state index contributed by atoms with van der Waals surface area (Å²) in [5.41, 5.74) is 3.53. The van der Waals surface area contributed by atoms with Gasteiger partial charge in [-0.2, -0.15) is 0 Å². The van der Waals surface area contributed by atoms with Crippen LogP contribution < -0.4 is 4.74 Å². The van der Waals surface area contributed by atoms with Crippen molar-refractivity contribution in [2.45, 2.75) is 64.3 Å². The Morgan fingerprint density at radius 2 is 1.80 bits per heavy atom. The van der Waals surface area contributed by atoms with Crippen LogP contribution in [0.5, 0.6) is 5.75 Å². The average molecular weight is 336 g/mol. The predicted octanol–water partition coefficient (Wildman–Crippen LogP) is 6.16. The topological polar surface area (TPSA) is 18.5 Å². The van der Waals surface area contributed by atoms with Crippen LogP contribution in [0.15, 0.2) is 48.5 Å². The third-order valence-electron chi connectivity index (χ3n) is 5.80. The third-order valence-corrected chi connectivity index (χ3v) is 5.80. The zero-order valence-electron chi connectivity index (χ0n) is 15.5. The molecular weight excluding hydrogens is 308 g/mol. The Balaban J connectivity index is 1.74. The van der Waals surface area contributed by atoms with E-state index in [1.807, 2.05) is 0 Å². The molecule has 2 aliphatic rings. The van der Waals surface area contributed by atoms with Gasteiger partial charge in [0.25, 0.3) is 0 Å². The quantitative estimate of drug-likeness (QED) is 0.668. The van der Waals surface area contributed by atoms with E-state index in [0.29, 0.717) is 12.0 Å². The van der Waals surface area contributed by atoms with Gasteiger partial charge in [-0.15, -0.1) is 0 Å². The summed E-state index contributed by atoms with van der Waals surface area (Å²) in [7, 11) is 0. The minimum atomic E-state index is -0.177. The molecule has 0 N–H and O–H groups in total. The number of benzene rings is 2. The van der Waals surface area contributed by atoms with E-state index in [9.17, 15) is 0 Å². The highest BCUT2D eigenvalue weighted by Gasteiger charge is 2.47. The lowest BCUT2D eigenvalue weighted by molar-refractivity contribution is -0.151. The molecule has 0 amide bonds. The maximum absolute atomic E-state index is 6.60. The van der Waals surface area contributed by atoms with Crippen molar-refractivity contribution in [3.63, 3.8) is 0 Å². The van der Waals surface area contributed by atoms with Crippen LogP contribution >= 0.6 is 0 Å². The van der Waals surface area contributed by atoms with Gasteiger partial charge in [-0.1, -0.05) is 49.7 Å². The molecule has 0 unspecified atom stereocenters. The number of fused-ring (bicyclic) bond motifs is 3. The fourth-order valence-electron chi connectivity index (χ4n) is 4.46. The Labute approximate surface area is 151 Å². The molecule has 25 heavy (non-hydrogen) atoms. The summed E-state index contributed by atoms with van der Waals surface area (Å²) in [5.74, 6) is 1.40. The first-order valence-electron chi connectivity index (χ1n) is 9.62. The van der Waals surface area contributed by atoms with Gasteiger partial charge in [-0.25, -0.2) is 0 Å². The Kier molecular flexibility index (Phi) is 4.33. The second-order valence-electron chi connectivity index (χ2n) is 7.98. The standard InChI is InChI=1S/C23H28O2/c1-4-8-18-12-13-20-22(24-18)19-15-17(16-9-6-5-7-10-16)11-14-21(19)25-23(20,2)3/h5-7,9-11,14-15,18,20,22H,4,8,12-13H2,1-3H3/t18-,20-,22+/m1/s1. The largest absolute Gasteiger partial charge is 0.487 e. The van der Waals surface area contributed by atoms with E-state index in [1.165, 1.54) is 29.5 Å². The number of hydrogen-bond donors (Lipinski definition) is 0. The van der Waals surface area contributed by atoms with Crippen LogP contribution in [0.3, 0.4) is 0 Å². The highest BCUT2D eigenvalue weighted by molar-refractivity contribution is 5.66. The van der Waals surface area contributed by atoms with Gasteiger partial charge in [0.1, 0.15) is 11.4 Å². The zero-order chi connectivity index (χ0) is 17.4. The summed E-state index contributed by atoms with van der Waals surface area (Å²) >= 11 is 0. The predicted molar refractivity (Wildman–Crippen MR) is 102 cm³/mol. The van der Waals surface area contributed by atoms with Gasteiger partial charge in [0.05, 0.1) is 12.2 Å². The van der Waals surface area contributed by atoms with Crippen LogP contribution in [0.2, 0.25) is 0 Å². The molecule has 2 aromatic carbocycles. The van der Waals surface area contributed by atoms with Crippen molar-refractivity contribution < 1.29 is 9.47 Å². The molecule has 2 aromatic rings. The number of ether oxygens (including phenoxy) is 2. The lowest BCUT2D eigenvalue weighted by Gasteiger charge is -2.49. The van der Waals surface area contributed by atoms with Gasteiger partial charge in [-0.05, 0) is 56.4 Å². The van der Waals surface area contributed by atoms with Gasteiger partial charge in [0.15, 0.2) is 0 Å². The first kappa shape index (κ1) is 16.7. The first-order valence-corrected chi connectivity index (χ1v) is 9.62. The van der Waals surface area contributed by atoms with Crippen LogP contribution in [0.1, 0.15) is 58.1 Å². The number of hydrogen-bond acceptors (Lipinski definition) is 2. The average Bonchev–Trinajstić information content (AvgIpc) is 2.62. The molecule has 0 saturated carbocycles. The fraction of sp³-hybridized carbons (Fsp3) is 0.478. The minimum absolute atomic E-state index is 0.146. The minimum Gasteiger partial charge on any atom is -0.487 e. The highest BCUT2D eigenvalue weighted by atomic mass is 16.5. The molecule has 0 bridgehead atoms. The monoisotopic (exact) mass is 336 g/mol. The Morgan fingerprint density at radius 3 is 2.56 bits per heavy atom. The van der Waals surface area contributed by atoms with Crippen molar-refractivity contribution in [2.75, 3.05) is 0 Å². The molecule has 2 nitrogen and oxygen atoms in total. The van der Waals surface area contributed by atoms with E-state index in [4.69, 9.17) is 9.47 Å². The van der Waals surface area contributed by atoms with Crippen LogP contribution in [0, 0.1) is 5.92 Å². The van der Waals surface area contributed by atoms with Gasteiger partial charge < -0.3 is 9.47 Å². The molecule has 2 aliphatic heterocycles. The maximum atomic E-state index is 6.60. The molecule has 2 heteroatoms. The zero-order valence-corrected chi connectivity index (χ0v) is 15.5. The van der Waals surface area contributed by atoms with Crippen molar-refractivity contribution >= 4 is 0 Å². The Hall–Kier alpha value is -1.80. The first-order chi connectivity index (χ1) is 12.1. The molecule has 4 rings (SSSR count). The Bertz CT molecular complexity index is 735. The molecule has 132 valence electrons. The molecule has 0 spiro atoms. The van der Waals surface area contributed by atoms with Crippen molar-refractivity contribution in [3.05, 3.63) is 54.1 Å². The van der Waals surface area contributed by atoms with Crippen molar-refractivity contribution in [1.82, 2.24) is 0 Å². The SMILES string of the molecule is CCC[C@@H]1CC[C@@H]2[C@@H](O1)c1cc(-c3ccccc3)ccc1OC2(C)C. The van der Waals surface area contributed by atoms with Crippen LogP contribution in [0.25, 0.3) is 11.1 Å². The van der Waals surface area contributed by atoms with Gasteiger partial charge in [0, 0.05) is 11.5 Å². The van der Waals surface area contributed by atoms with Crippen LogP contribution in [-0.2, 0) is 4.74 Å². The second kappa shape index (κ2) is 6.49. The molecule has 1 saturated heterocycles. The van der Waals surface area contributed by atoms with Crippen molar-refractivity contribution in [1.29, 1.82) is 0 Å². The Morgan fingerprint density at radius 1 is 1.00 bits per heavy atom. The summed E-state index contributed by atoms with van der Waals surface area (Å²) in [4.78, 5) is 0. The van der Waals surface area contributed by atoms with Crippen molar-refractivity contribution in [2.24, 2.45) is 5.92 Å². The molecule has 0 aliphatic carbocycles. The maximum Gasteiger partial charge on any atom is 0.125 e. The van der Waals surface area contributed by atoms with E-state index < -0.39 is 0 Å². The number of rotatable bonds is 3. The lowest BCUT2D eigenvalue weighted by Crippen LogP contribution is -2.48. The summed E-state index contributed by atoms with van der Waals surface area (Å²) in [6.07, 6.45) is 5.19. The van der Waals surface area contributed by atoms with E-state index in [0.717, 1.165) is 18.6 Å². The van der Waals surface area contributed by atoms with Crippen molar-refractivity contribution in [3.8, 4) is 16.9 Å². The van der Waals surface area contributed by atoms with E-state index in [2.05, 4.69) is 69.3 Å². The molecule has 0 aromatic heterocycles. The second-order valence-corrected chi connectivity index (χ2v) is 7.98. The molecule has 0 radical (unpaired) electrons. The van der Waals surface area contributed by atoms with Crippen LogP contribution in [-0.4, -0.2) is 11.7 Å². The summed E-state index contributed by atoms with van der Waals surface area (Å²) in [6, 6.07) is 17.1. The van der Waals surface area contributed by atoms with E-state index in [1.54, 1.807) is 0 Å². The smallest absolute Gasteiger partial charge is 0.125 e. The molecule has 3 atom stereocenters. The summed E-state index contributed by atoms with van der Waals surface area (Å²) in [5, 5.41) is 0. The van der Waals surface area contributed by atoms with Gasteiger partial charge >= 0.3 is 0 Å². The van der Waals surface area contributed by atoms with Gasteiger partial charge in [-0.3, -0.25) is 0 Å².